The maximum atomic E-state index is 14.3. The fourth-order valence-electron chi connectivity index (χ4n) is 4.14. The first-order chi connectivity index (χ1) is 17.9. The van der Waals surface area contributed by atoms with Crippen LogP contribution in [0.3, 0.4) is 0 Å². The molecule has 0 amide bonds. The first-order valence-corrected chi connectivity index (χ1v) is 11.3. The van der Waals surface area contributed by atoms with Crippen molar-refractivity contribution in [2.45, 2.75) is 19.0 Å². The highest BCUT2D eigenvalue weighted by atomic mass is 19.4. The molecule has 2 aromatic carbocycles. The lowest BCUT2D eigenvalue weighted by Gasteiger charge is -2.25. The molecule has 1 N–H and O–H groups in total. The number of anilines is 2. The fraction of sp³-hybridized carbons (Fsp3) is 0.320. The van der Waals surface area contributed by atoms with Crippen LogP contribution in [0.1, 0.15) is 18.3 Å². The molecule has 0 atom stereocenters. The summed E-state index contributed by atoms with van der Waals surface area (Å²) in [6.45, 7) is 0.381. The number of hydrogen-bond donors (Lipinski definition) is 1. The summed E-state index contributed by atoms with van der Waals surface area (Å²) >= 11 is 0. The molecule has 0 aliphatic rings. The number of methoxy groups -OCH3 is 2. The van der Waals surface area contributed by atoms with Crippen LogP contribution in [-0.4, -0.2) is 52.2 Å². The van der Waals surface area contributed by atoms with Gasteiger partial charge in [-0.2, -0.15) is 27.1 Å². The average Bonchev–Trinajstić information content (AvgIpc) is 3.24. The Hall–Kier alpha value is -4.00. The quantitative estimate of drug-likeness (QED) is 0.305. The minimum absolute atomic E-state index is 0.141. The summed E-state index contributed by atoms with van der Waals surface area (Å²) in [5.74, 6) is -2.68. The number of fused-ring (bicyclic) bond motifs is 1. The molecule has 0 fully saturated rings. The zero-order valence-electron chi connectivity index (χ0n) is 20.8. The van der Waals surface area contributed by atoms with Crippen molar-refractivity contribution < 1.29 is 36.5 Å². The van der Waals surface area contributed by atoms with Crippen molar-refractivity contribution in [3.63, 3.8) is 0 Å². The topological polar surface area (TPSA) is 85.5 Å². The van der Waals surface area contributed by atoms with Gasteiger partial charge in [0, 0.05) is 50.1 Å². The number of aryl methyl sites for hydroxylation is 1. The van der Waals surface area contributed by atoms with Gasteiger partial charge in [-0.25, -0.2) is 4.98 Å². The Kier molecular flexibility index (Phi) is 7.15. The summed E-state index contributed by atoms with van der Waals surface area (Å²) in [4.78, 5) is 10.2. The molecule has 8 nitrogen and oxygen atoms in total. The highest BCUT2D eigenvalue weighted by Crippen LogP contribution is 2.43. The number of alkyl halides is 5. The molecule has 13 heteroatoms. The molecule has 0 bridgehead atoms. The largest absolute Gasteiger partial charge is 0.497 e. The Balaban J connectivity index is 1.90. The highest BCUT2D eigenvalue weighted by Gasteiger charge is 2.44. The summed E-state index contributed by atoms with van der Waals surface area (Å²) in [7, 11) is 3.93. The van der Waals surface area contributed by atoms with E-state index in [0.29, 0.717) is 40.0 Å². The van der Waals surface area contributed by atoms with Crippen LogP contribution < -0.4 is 14.4 Å². The molecule has 0 unspecified atom stereocenters. The number of rotatable bonds is 8. The van der Waals surface area contributed by atoms with E-state index in [1.165, 1.54) is 14.2 Å². The molecule has 0 aliphatic heterocycles. The van der Waals surface area contributed by atoms with Crippen LogP contribution in [0.2, 0.25) is 0 Å². The van der Waals surface area contributed by atoms with Crippen molar-refractivity contribution >= 4 is 22.4 Å². The summed E-state index contributed by atoms with van der Waals surface area (Å²) in [5, 5.41) is 13.2. The van der Waals surface area contributed by atoms with Gasteiger partial charge in [0.15, 0.2) is 5.69 Å². The van der Waals surface area contributed by atoms with Gasteiger partial charge in [-0.1, -0.05) is 0 Å². The Morgan fingerprint density at radius 2 is 1.61 bits per heavy atom. The molecule has 2 heterocycles. The first-order valence-electron chi connectivity index (χ1n) is 11.3. The van der Waals surface area contributed by atoms with Gasteiger partial charge in [0.25, 0.3) is 5.92 Å². The number of aliphatic hydroxyl groups is 1. The standard InChI is InChI=1S/C25H24F5N5O3/c1-24(26,27)22-21(23(25(28,29)30)34(2)33-22)20-13-31-18-6-5-14(11-19(18)32-20)35(7-8-36)15-9-16(37-3)12-17(10-15)38-4/h5-6,9-13,36H,7-8H2,1-4H3. The second kappa shape index (κ2) is 10.0. The summed E-state index contributed by atoms with van der Waals surface area (Å²) in [5.41, 5.74) is -2.06. The van der Waals surface area contributed by atoms with Crippen molar-refractivity contribution in [2.24, 2.45) is 7.05 Å². The van der Waals surface area contributed by atoms with Gasteiger partial charge in [0.1, 0.15) is 17.2 Å². The van der Waals surface area contributed by atoms with E-state index in [2.05, 4.69) is 15.1 Å². The van der Waals surface area contributed by atoms with Gasteiger partial charge in [-0.05, 0) is 18.2 Å². The number of aliphatic hydroxyl groups excluding tert-OH is 1. The summed E-state index contributed by atoms with van der Waals surface area (Å²) in [6, 6.07) is 9.92. The lowest BCUT2D eigenvalue weighted by molar-refractivity contribution is -0.143. The van der Waals surface area contributed by atoms with E-state index in [9.17, 15) is 27.1 Å². The van der Waals surface area contributed by atoms with Crippen LogP contribution in [0.5, 0.6) is 11.5 Å². The van der Waals surface area contributed by atoms with Gasteiger partial charge in [0.05, 0.1) is 49.3 Å². The predicted molar refractivity (Wildman–Crippen MR) is 130 cm³/mol. The van der Waals surface area contributed by atoms with Crippen LogP contribution in [0.4, 0.5) is 33.3 Å². The third-order valence-corrected chi connectivity index (χ3v) is 5.80. The van der Waals surface area contributed by atoms with E-state index in [0.717, 1.165) is 13.2 Å². The maximum absolute atomic E-state index is 14.3. The molecule has 4 rings (SSSR count). The van der Waals surface area contributed by atoms with Gasteiger partial charge in [-0.15, -0.1) is 0 Å². The molecular formula is C25H24F5N5O3. The van der Waals surface area contributed by atoms with E-state index in [4.69, 9.17) is 9.47 Å². The van der Waals surface area contributed by atoms with Gasteiger partial charge in [-0.3, -0.25) is 9.67 Å². The van der Waals surface area contributed by atoms with Crippen molar-refractivity contribution in [3.05, 3.63) is 54.0 Å². The number of nitrogens with zero attached hydrogens (tertiary/aromatic N) is 5. The van der Waals surface area contributed by atoms with Crippen molar-refractivity contribution in [3.8, 4) is 22.8 Å². The third-order valence-electron chi connectivity index (χ3n) is 5.80. The molecule has 202 valence electrons. The first kappa shape index (κ1) is 27.0. The fourth-order valence-corrected chi connectivity index (χ4v) is 4.14. The molecule has 0 spiro atoms. The average molecular weight is 537 g/mol. The Morgan fingerprint density at radius 1 is 0.947 bits per heavy atom. The molecule has 4 aromatic rings. The summed E-state index contributed by atoms with van der Waals surface area (Å²) < 4.78 is 81.3. The van der Waals surface area contributed by atoms with Gasteiger partial charge in [0.2, 0.25) is 0 Å². The van der Waals surface area contributed by atoms with Crippen molar-refractivity contribution in [1.82, 2.24) is 19.7 Å². The molecular weight excluding hydrogens is 513 g/mol. The number of benzene rings is 2. The molecule has 0 saturated heterocycles. The lowest BCUT2D eigenvalue weighted by Crippen LogP contribution is -2.21. The van der Waals surface area contributed by atoms with Crippen molar-refractivity contribution in [2.75, 3.05) is 32.3 Å². The molecule has 38 heavy (non-hydrogen) atoms. The van der Waals surface area contributed by atoms with Gasteiger partial charge < -0.3 is 19.5 Å². The molecule has 0 saturated carbocycles. The monoisotopic (exact) mass is 537 g/mol. The van der Waals surface area contributed by atoms with E-state index in [-0.39, 0.29) is 18.7 Å². The van der Waals surface area contributed by atoms with Crippen LogP contribution in [-0.2, 0) is 19.1 Å². The normalized spacial score (nSPS) is 12.2. The second-order valence-electron chi connectivity index (χ2n) is 8.46. The number of hydrogen-bond acceptors (Lipinski definition) is 7. The van der Waals surface area contributed by atoms with E-state index >= 15 is 0 Å². The van der Waals surface area contributed by atoms with Gasteiger partial charge >= 0.3 is 6.18 Å². The predicted octanol–water partition coefficient (Wildman–Crippen LogP) is 5.31. The molecule has 2 aromatic heterocycles. The van der Waals surface area contributed by atoms with Crippen molar-refractivity contribution in [1.29, 1.82) is 0 Å². The number of halogens is 5. The lowest BCUT2D eigenvalue weighted by atomic mass is 10.1. The Bertz CT molecular complexity index is 1440. The zero-order valence-corrected chi connectivity index (χ0v) is 20.8. The minimum Gasteiger partial charge on any atom is -0.497 e. The molecule has 0 radical (unpaired) electrons. The van der Waals surface area contributed by atoms with Crippen LogP contribution in [0, 0.1) is 0 Å². The van der Waals surface area contributed by atoms with Crippen LogP contribution >= 0.6 is 0 Å². The highest BCUT2D eigenvalue weighted by molar-refractivity contribution is 5.83. The Morgan fingerprint density at radius 3 is 2.16 bits per heavy atom. The Labute approximate surface area is 214 Å². The third kappa shape index (κ3) is 5.19. The van der Waals surface area contributed by atoms with E-state index in [1.54, 1.807) is 41.3 Å². The SMILES string of the molecule is COc1cc(OC)cc(N(CCO)c2ccc3ncc(-c4c(C(C)(F)F)nn(C)c4C(F)(F)F)nc3c2)c1. The summed E-state index contributed by atoms with van der Waals surface area (Å²) in [6.07, 6.45) is -3.95. The van der Waals surface area contributed by atoms with E-state index < -0.39 is 34.7 Å². The maximum Gasteiger partial charge on any atom is 0.433 e. The second-order valence-corrected chi connectivity index (χ2v) is 8.46. The smallest absolute Gasteiger partial charge is 0.433 e. The van der Waals surface area contributed by atoms with Crippen LogP contribution in [0.25, 0.3) is 22.3 Å². The minimum atomic E-state index is -4.97. The van der Waals surface area contributed by atoms with E-state index in [1.807, 2.05) is 0 Å². The number of ether oxygens (including phenoxy) is 2. The zero-order chi connectivity index (χ0) is 27.8. The number of aromatic nitrogens is 4. The van der Waals surface area contributed by atoms with Crippen LogP contribution in [0.15, 0.2) is 42.6 Å². The molecule has 0 aliphatic carbocycles.